The van der Waals surface area contributed by atoms with Gasteiger partial charge in [0.2, 0.25) is 0 Å². The van der Waals surface area contributed by atoms with Crippen molar-refractivity contribution in [2.45, 2.75) is 6.54 Å². The lowest BCUT2D eigenvalue weighted by Gasteiger charge is -2.04. The van der Waals surface area contributed by atoms with Crippen LogP contribution in [0.15, 0.2) is 36.5 Å². The van der Waals surface area contributed by atoms with Crippen LogP contribution in [0.1, 0.15) is 15.2 Å². The van der Waals surface area contributed by atoms with Gasteiger partial charge in [-0.05, 0) is 23.8 Å². The summed E-state index contributed by atoms with van der Waals surface area (Å²) >= 11 is 1.19. The first kappa shape index (κ1) is 13.4. The molecule has 2 aromatic heterocycles. The van der Waals surface area contributed by atoms with E-state index in [9.17, 15) is 9.18 Å². The van der Waals surface area contributed by atoms with Crippen LogP contribution in [-0.4, -0.2) is 16.1 Å². The second-order valence-electron chi connectivity index (χ2n) is 4.41. The molecular formula is C14H11FN4OS. The zero-order chi connectivity index (χ0) is 14.8. The zero-order valence-corrected chi connectivity index (χ0v) is 11.7. The molecule has 1 amide bonds. The lowest BCUT2D eigenvalue weighted by molar-refractivity contribution is 0.0956. The number of halogens is 1. The molecule has 0 saturated heterocycles. The standard InChI is InChI=1S/C14H11FN4OS/c15-9-3-1-2-8(6-9)7-17-13(20)12-11(16)10-4-5-18-19-14(10)21-12/h1-6H,7,16H2,(H,17,20). The molecule has 0 saturated carbocycles. The van der Waals surface area contributed by atoms with Crippen molar-refractivity contribution < 1.29 is 9.18 Å². The van der Waals surface area contributed by atoms with E-state index in [-0.39, 0.29) is 18.3 Å². The molecule has 0 aliphatic rings. The maximum Gasteiger partial charge on any atom is 0.263 e. The van der Waals surface area contributed by atoms with Gasteiger partial charge in [-0.2, -0.15) is 5.10 Å². The number of fused-ring (bicyclic) bond motifs is 1. The first-order valence-electron chi connectivity index (χ1n) is 6.17. The summed E-state index contributed by atoms with van der Waals surface area (Å²) in [6.07, 6.45) is 1.53. The predicted molar refractivity (Wildman–Crippen MR) is 79.4 cm³/mol. The van der Waals surface area contributed by atoms with Crippen LogP contribution in [0, 0.1) is 5.82 Å². The number of carbonyl (C=O) groups is 1. The van der Waals surface area contributed by atoms with Crippen molar-refractivity contribution in [3.8, 4) is 0 Å². The van der Waals surface area contributed by atoms with E-state index in [2.05, 4.69) is 15.5 Å². The molecule has 0 radical (unpaired) electrons. The molecule has 1 aromatic carbocycles. The van der Waals surface area contributed by atoms with Gasteiger partial charge >= 0.3 is 0 Å². The monoisotopic (exact) mass is 302 g/mol. The number of amides is 1. The van der Waals surface area contributed by atoms with E-state index >= 15 is 0 Å². The van der Waals surface area contributed by atoms with Gasteiger partial charge in [-0.3, -0.25) is 4.79 Å². The summed E-state index contributed by atoms with van der Waals surface area (Å²) in [5, 5.41) is 11.1. The number of nitrogens with one attached hydrogen (secondary N) is 1. The Labute approximate surface area is 123 Å². The van der Waals surface area contributed by atoms with Crippen LogP contribution in [0.2, 0.25) is 0 Å². The van der Waals surface area contributed by atoms with Gasteiger partial charge in [-0.25, -0.2) is 4.39 Å². The molecule has 0 atom stereocenters. The minimum Gasteiger partial charge on any atom is -0.397 e. The third-order valence-electron chi connectivity index (χ3n) is 2.97. The van der Waals surface area contributed by atoms with Crippen LogP contribution in [0.4, 0.5) is 10.1 Å². The number of anilines is 1. The van der Waals surface area contributed by atoms with Gasteiger partial charge in [0.05, 0.1) is 11.9 Å². The molecule has 3 rings (SSSR count). The molecule has 0 aliphatic heterocycles. The largest absolute Gasteiger partial charge is 0.397 e. The van der Waals surface area contributed by atoms with Crippen LogP contribution in [0.25, 0.3) is 10.2 Å². The lowest BCUT2D eigenvalue weighted by Crippen LogP contribution is -2.22. The number of hydrogen-bond donors (Lipinski definition) is 2. The fourth-order valence-corrected chi connectivity index (χ4v) is 2.91. The SMILES string of the molecule is Nc1c(C(=O)NCc2cccc(F)c2)sc2nnccc12. The number of nitrogens with zero attached hydrogens (tertiary/aromatic N) is 2. The average molecular weight is 302 g/mol. The second kappa shape index (κ2) is 5.45. The number of aromatic nitrogens is 2. The van der Waals surface area contributed by atoms with Crippen molar-refractivity contribution in [1.82, 2.24) is 15.5 Å². The molecule has 2 heterocycles. The minimum absolute atomic E-state index is 0.232. The summed E-state index contributed by atoms with van der Waals surface area (Å²) in [4.78, 5) is 13.2. The van der Waals surface area contributed by atoms with Crippen molar-refractivity contribution in [2.24, 2.45) is 0 Å². The van der Waals surface area contributed by atoms with E-state index < -0.39 is 0 Å². The molecular weight excluding hydrogens is 291 g/mol. The van der Waals surface area contributed by atoms with Gasteiger partial charge in [0.25, 0.3) is 5.91 Å². The summed E-state index contributed by atoms with van der Waals surface area (Å²) in [6.45, 7) is 0.232. The van der Waals surface area contributed by atoms with Gasteiger partial charge in [-0.15, -0.1) is 16.4 Å². The number of benzene rings is 1. The van der Waals surface area contributed by atoms with Crippen LogP contribution in [-0.2, 0) is 6.54 Å². The van der Waals surface area contributed by atoms with Crippen molar-refractivity contribution in [3.63, 3.8) is 0 Å². The Hall–Kier alpha value is -2.54. The summed E-state index contributed by atoms with van der Waals surface area (Å²) in [6, 6.07) is 7.79. The lowest BCUT2D eigenvalue weighted by atomic mass is 10.2. The molecule has 3 N–H and O–H groups in total. The molecule has 0 bridgehead atoms. The summed E-state index contributed by atoms with van der Waals surface area (Å²) < 4.78 is 13.1. The first-order valence-corrected chi connectivity index (χ1v) is 6.99. The van der Waals surface area contributed by atoms with Gasteiger partial charge in [-0.1, -0.05) is 12.1 Å². The first-order chi connectivity index (χ1) is 10.1. The number of nitrogens with two attached hydrogens (primary N) is 1. The predicted octanol–water partition coefficient (Wildman–Crippen LogP) is 2.34. The molecule has 0 spiro atoms. The summed E-state index contributed by atoms with van der Waals surface area (Å²) in [5.41, 5.74) is 7.03. The quantitative estimate of drug-likeness (QED) is 0.778. The van der Waals surface area contributed by atoms with Gasteiger partial charge < -0.3 is 11.1 Å². The highest BCUT2D eigenvalue weighted by Gasteiger charge is 2.16. The highest BCUT2D eigenvalue weighted by atomic mass is 32.1. The van der Waals surface area contributed by atoms with E-state index in [0.717, 1.165) is 0 Å². The second-order valence-corrected chi connectivity index (χ2v) is 5.41. The number of nitrogen functional groups attached to an aromatic ring is 1. The van der Waals surface area contributed by atoms with Crippen LogP contribution in [0.3, 0.4) is 0 Å². The molecule has 106 valence electrons. The van der Waals surface area contributed by atoms with Crippen LogP contribution < -0.4 is 11.1 Å². The molecule has 5 nitrogen and oxygen atoms in total. The zero-order valence-electron chi connectivity index (χ0n) is 10.8. The Balaban J connectivity index is 1.79. The number of thiophene rings is 1. The topological polar surface area (TPSA) is 80.9 Å². The van der Waals surface area contributed by atoms with Gasteiger partial charge in [0, 0.05) is 11.9 Å². The average Bonchev–Trinajstić information content (AvgIpc) is 2.83. The Morgan fingerprint density at radius 1 is 1.38 bits per heavy atom. The molecule has 0 unspecified atom stereocenters. The van der Waals surface area contributed by atoms with Gasteiger partial charge in [0.1, 0.15) is 15.5 Å². The maximum absolute atomic E-state index is 13.1. The normalized spacial score (nSPS) is 10.7. The molecule has 3 aromatic rings. The van der Waals surface area contributed by atoms with E-state index in [1.54, 1.807) is 18.2 Å². The van der Waals surface area contributed by atoms with E-state index in [1.165, 1.54) is 29.7 Å². The van der Waals surface area contributed by atoms with Crippen LogP contribution in [0.5, 0.6) is 0 Å². The third-order valence-corrected chi connectivity index (χ3v) is 4.07. The Kier molecular flexibility index (Phi) is 3.49. The smallest absolute Gasteiger partial charge is 0.263 e. The van der Waals surface area contributed by atoms with E-state index in [4.69, 9.17) is 5.73 Å². The summed E-state index contributed by atoms with van der Waals surface area (Å²) in [5.74, 6) is -0.641. The fourth-order valence-electron chi connectivity index (χ4n) is 1.95. The summed E-state index contributed by atoms with van der Waals surface area (Å²) in [7, 11) is 0. The Morgan fingerprint density at radius 3 is 3.00 bits per heavy atom. The molecule has 7 heteroatoms. The third kappa shape index (κ3) is 2.68. The highest BCUT2D eigenvalue weighted by Crippen LogP contribution is 2.31. The van der Waals surface area contributed by atoms with E-state index in [0.29, 0.717) is 26.3 Å². The van der Waals surface area contributed by atoms with Crippen molar-refractivity contribution >= 4 is 33.1 Å². The highest BCUT2D eigenvalue weighted by molar-refractivity contribution is 7.21. The van der Waals surface area contributed by atoms with Gasteiger partial charge in [0.15, 0.2) is 0 Å². The Morgan fingerprint density at radius 2 is 2.24 bits per heavy atom. The minimum atomic E-state index is -0.335. The van der Waals surface area contributed by atoms with Crippen LogP contribution >= 0.6 is 11.3 Å². The number of hydrogen-bond acceptors (Lipinski definition) is 5. The van der Waals surface area contributed by atoms with Crippen molar-refractivity contribution in [1.29, 1.82) is 0 Å². The molecule has 0 fully saturated rings. The maximum atomic E-state index is 13.1. The molecule has 21 heavy (non-hydrogen) atoms. The van der Waals surface area contributed by atoms with E-state index in [1.807, 2.05) is 0 Å². The fraction of sp³-hybridized carbons (Fsp3) is 0.0714. The number of rotatable bonds is 3. The Bertz CT molecular complexity index is 818. The van der Waals surface area contributed by atoms with Crippen molar-refractivity contribution in [2.75, 3.05) is 5.73 Å². The number of carbonyl (C=O) groups excluding carboxylic acids is 1. The van der Waals surface area contributed by atoms with Crippen molar-refractivity contribution in [3.05, 3.63) is 52.8 Å². The molecule has 0 aliphatic carbocycles.